The number of hydrogen-bond acceptors (Lipinski definition) is 6. The van der Waals surface area contributed by atoms with Gasteiger partial charge in [-0.3, -0.25) is 0 Å². The Morgan fingerprint density at radius 1 is 0.550 bits per heavy atom. The summed E-state index contributed by atoms with van der Waals surface area (Å²) in [6, 6.07) is 16.7. The maximum atomic E-state index is 12.4. The summed E-state index contributed by atoms with van der Waals surface area (Å²) >= 11 is 0. The average molecular weight is 547 g/mol. The molecular weight excluding hydrogens is 504 g/mol. The van der Waals surface area contributed by atoms with Gasteiger partial charge in [-0.1, -0.05) is 54.1 Å². The fourth-order valence-corrected chi connectivity index (χ4v) is 4.67. The average Bonchev–Trinajstić information content (AvgIpc) is 2.78. The number of hydrogen-bond donors (Lipinski definition) is 0. The van der Waals surface area contributed by atoms with Crippen molar-refractivity contribution in [1.82, 2.24) is 0 Å². The summed E-state index contributed by atoms with van der Waals surface area (Å²) in [6.45, 7) is 20.6. The maximum Gasteiger partial charge on any atom is 0.514 e. The first kappa shape index (κ1) is 30.7. The second-order valence-electron chi connectivity index (χ2n) is 12.4. The molecule has 0 aliphatic carbocycles. The quantitative estimate of drug-likeness (QED) is 0.181. The molecule has 214 valence electrons. The van der Waals surface area contributed by atoms with Crippen LogP contribution >= 0.6 is 0 Å². The summed E-state index contributed by atoms with van der Waals surface area (Å²) in [5, 5.41) is 0. The van der Waals surface area contributed by atoms with Gasteiger partial charge in [-0.2, -0.15) is 0 Å². The van der Waals surface area contributed by atoms with Crippen molar-refractivity contribution < 1.29 is 28.5 Å². The van der Waals surface area contributed by atoms with E-state index in [9.17, 15) is 9.59 Å². The summed E-state index contributed by atoms with van der Waals surface area (Å²) in [7, 11) is 0. The van der Waals surface area contributed by atoms with Gasteiger partial charge in [-0.25, -0.2) is 9.59 Å². The van der Waals surface area contributed by atoms with Crippen LogP contribution in [0, 0.1) is 34.6 Å². The topological polar surface area (TPSA) is 71.1 Å². The fraction of sp³-hybridized carbons (Fsp3) is 0.412. The van der Waals surface area contributed by atoms with E-state index in [2.05, 4.69) is 31.2 Å². The Kier molecular flexibility index (Phi) is 9.03. The zero-order valence-electron chi connectivity index (χ0n) is 25.6. The fourth-order valence-electron chi connectivity index (χ4n) is 4.67. The lowest BCUT2D eigenvalue weighted by Crippen LogP contribution is -2.26. The molecule has 0 radical (unpaired) electrons. The van der Waals surface area contributed by atoms with Crippen LogP contribution in [0.25, 0.3) is 0 Å². The third kappa shape index (κ3) is 8.10. The third-order valence-electron chi connectivity index (χ3n) is 6.19. The predicted octanol–water partition coefficient (Wildman–Crippen LogP) is 9.04. The molecule has 0 aromatic heterocycles. The first-order valence-electron chi connectivity index (χ1n) is 13.5. The van der Waals surface area contributed by atoms with E-state index in [1.54, 1.807) is 41.5 Å². The molecule has 3 aromatic carbocycles. The summed E-state index contributed by atoms with van der Waals surface area (Å²) in [5.41, 5.74) is 6.41. The molecule has 6 nitrogen and oxygen atoms in total. The highest BCUT2D eigenvalue weighted by molar-refractivity contribution is 5.67. The Labute approximate surface area is 238 Å². The Hall–Kier alpha value is -3.80. The Bertz CT molecular complexity index is 1260. The van der Waals surface area contributed by atoms with Crippen molar-refractivity contribution in [3.05, 3.63) is 93.0 Å². The molecule has 40 heavy (non-hydrogen) atoms. The standard InChI is InChI=1S/C34H42O6/c1-20-12-14-25(15-13-20)28(26-16-21(2)29(22(3)17-26)37-31(35)39-33(6,7)8)27-18-23(4)30(24(5)19-27)38-32(36)40-34(9,10)11/h12-19,28H,1-11H3. The van der Waals surface area contributed by atoms with Crippen LogP contribution in [0.4, 0.5) is 9.59 Å². The Balaban J connectivity index is 2.06. The highest BCUT2D eigenvalue weighted by Crippen LogP contribution is 2.39. The molecule has 0 amide bonds. The smallest absolute Gasteiger partial charge is 0.428 e. The van der Waals surface area contributed by atoms with E-state index in [-0.39, 0.29) is 5.92 Å². The van der Waals surface area contributed by atoms with Crippen molar-refractivity contribution in [1.29, 1.82) is 0 Å². The molecule has 0 N–H and O–H groups in total. The van der Waals surface area contributed by atoms with E-state index in [0.29, 0.717) is 11.5 Å². The van der Waals surface area contributed by atoms with Gasteiger partial charge in [-0.05, 0) is 115 Å². The van der Waals surface area contributed by atoms with E-state index in [1.807, 2.05) is 52.0 Å². The van der Waals surface area contributed by atoms with Gasteiger partial charge in [0.25, 0.3) is 0 Å². The van der Waals surface area contributed by atoms with Gasteiger partial charge in [0.1, 0.15) is 22.7 Å². The van der Waals surface area contributed by atoms with Crippen molar-refractivity contribution >= 4 is 12.3 Å². The normalized spacial score (nSPS) is 11.8. The zero-order chi connectivity index (χ0) is 30.0. The van der Waals surface area contributed by atoms with Crippen LogP contribution in [0.2, 0.25) is 0 Å². The lowest BCUT2D eigenvalue weighted by atomic mass is 9.82. The maximum absolute atomic E-state index is 12.4. The molecule has 3 aromatic rings. The van der Waals surface area contributed by atoms with E-state index in [1.165, 1.54) is 5.56 Å². The number of aryl methyl sites for hydroxylation is 5. The van der Waals surface area contributed by atoms with Gasteiger partial charge in [0.05, 0.1) is 0 Å². The molecule has 6 heteroatoms. The second kappa shape index (κ2) is 11.7. The summed E-state index contributed by atoms with van der Waals surface area (Å²) in [5.74, 6) is 0.879. The summed E-state index contributed by atoms with van der Waals surface area (Å²) < 4.78 is 22.0. The van der Waals surface area contributed by atoms with Crippen LogP contribution in [0.3, 0.4) is 0 Å². The van der Waals surface area contributed by atoms with Crippen molar-refractivity contribution in [2.45, 2.75) is 93.3 Å². The molecule has 0 bridgehead atoms. The molecule has 0 fully saturated rings. The van der Waals surface area contributed by atoms with Gasteiger partial charge in [0, 0.05) is 5.92 Å². The Morgan fingerprint density at radius 3 is 1.18 bits per heavy atom. The SMILES string of the molecule is Cc1ccc(C(c2cc(C)c(OC(=O)OC(C)(C)C)c(C)c2)c2cc(C)c(OC(=O)OC(C)(C)C)c(C)c2)cc1. The molecular formula is C34H42O6. The summed E-state index contributed by atoms with van der Waals surface area (Å²) in [4.78, 5) is 24.8. The molecule has 0 aliphatic heterocycles. The first-order chi connectivity index (χ1) is 18.4. The molecule has 0 heterocycles. The third-order valence-corrected chi connectivity index (χ3v) is 6.19. The predicted molar refractivity (Wildman–Crippen MR) is 158 cm³/mol. The number of carbonyl (C=O) groups is 2. The number of benzene rings is 3. The van der Waals surface area contributed by atoms with Crippen LogP contribution in [0.1, 0.15) is 92.0 Å². The van der Waals surface area contributed by atoms with Gasteiger partial charge in [0.2, 0.25) is 0 Å². The first-order valence-corrected chi connectivity index (χ1v) is 13.5. The van der Waals surface area contributed by atoms with Crippen LogP contribution < -0.4 is 9.47 Å². The molecule has 0 unspecified atom stereocenters. The molecule has 0 saturated carbocycles. The molecule has 0 aliphatic rings. The van der Waals surface area contributed by atoms with Gasteiger partial charge in [0.15, 0.2) is 0 Å². The molecule has 0 saturated heterocycles. The summed E-state index contributed by atoms with van der Waals surface area (Å²) in [6.07, 6.45) is -1.46. The second-order valence-corrected chi connectivity index (χ2v) is 12.4. The van der Waals surface area contributed by atoms with Gasteiger partial charge >= 0.3 is 12.3 Å². The number of ether oxygens (including phenoxy) is 4. The lowest BCUT2D eigenvalue weighted by molar-refractivity contribution is 0.0190. The van der Waals surface area contributed by atoms with Crippen molar-refractivity contribution in [3.63, 3.8) is 0 Å². The zero-order valence-corrected chi connectivity index (χ0v) is 25.6. The highest BCUT2D eigenvalue weighted by Gasteiger charge is 2.25. The van der Waals surface area contributed by atoms with Crippen molar-refractivity contribution in [3.8, 4) is 11.5 Å². The molecule has 0 spiro atoms. The van der Waals surface area contributed by atoms with Crippen molar-refractivity contribution in [2.75, 3.05) is 0 Å². The van der Waals surface area contributed by atoms with Crippen LogP contribution in [-0.4, -0.2) is 23.5 Å². The lowest BCUT2D eigenvalue weighted by Gasteiger charge is -2.24. The highest BCUT2D eigenvalue weighted by atomic mass is 16.7. The van der Waals surface area contributed by atoms with Crippen molar-refractivity contribution in [2.24, 2.45) is 0 Å². The van der Waals surface area contributed by atoms with E-state index >= 15 is 0 Å². The number of rotatable bonds is 5. The van der Waals surface area contributed by atoms with Crippen LogP contribution in [-0.2, 0) is 9.47 Å². The number of carbonyl (C=O) groups excluding carboxylic acids is 2. The monoisotopic (exact) mass is 546 g/mol. The minimum absolute atomic E-state index is 0.110. The Morgan fingerprint density at radius 2 is 0.875 bits per heavy atom. The van der Waals surface area contributed by atoms with E-state index in [0.717, 1.165) is 38.9 Å². The van der Waals surface area contributed by atoms with E-state index < -0.39 is 23.5 Å². The largest absolute Gasteiger partial charge is 0.514 e. The van der Waals surface area contributed by atoms with Crippen LogP contribution in [0.15, 0.2) is 48.5 Å². The molecule has 0 atom stereocenters. The molecule has 3 rings (SSSR count). The van der Waals surface area contributed by atoms with Crippen LogP contribution in [0.5, 0.6) is 11.5 Å². The van der Waals surface area contributed by atoms with Gasteiger partial charge in [-0.15, -0.1) is 0 Å². The minimum Gasteiger partial charge on any atom is -0.428 e. The van der Waals surface area contributed by atoms with Gasteiger partial charge < -0.3 is 18.9 Å². The minimum atomic E-state index is -0.728. The van der Waals surface area contributed by atoms with E-state index in [4.69, 9.17) is 18.9 Å².